The number of rotatable bonds is 8. The minimum Gasteiger partial charge on any atom is -0.481 e. The number of carbonyl (C=O) groups excluding carboxylic acids is 1. The minimum absolute atomic E-state index is 0.135. The summed E-state index contributed by atoms with van der Waals surface area (Å²) in [5.41, 5.74) is 0. The fourth-order valence-electron chi connectivity index (χ4n) is 1.48. The third-order valence-corrected chi connectivity index (χ3v) is 3.74. The number of carbonyl (C=O) groups is 2. The second-order valence-corrected chi connectivity index (χ2v) is 6.87. The Labute approximate surface area is 114 Å². The van der Waals surface area contributed by atoms with Gasteiger partial charge in [-0.1, -0.05) is 13.8 Å². The maximum atomic E-state index is 11.9. The fraction of sp³-hybridized carbons (Fsp3) is 0.818. The molecule has 0 radical (unpaired) electrons. The first-order valence-corrected chi connectivity index (χ1v) is 7.63. The van der Waals surface area contributed by atoms with Gasteiger partial charge in [-0.15, -0.1) is 0 Å². The van der Waals surface area contributed by atoms with Gasteiger partial charge in [0.05, 0.1) is 12.2 Å². The van der Waals surface area contributed by atoms with E-state index in [1.807, 2.05) is 13.8 Å². The Morgan fingerprint density at radius 2 is 1.79 bits per heavy atom. The molecule has 0 aromatic carbocycles. The maximum absolute atomic E-state index is 11.9. The van der Waals surface area contributed by atoms with Gasteiger partial charge >= 0.3 is 5.97 Å². The SMILES string of the molecule is CC(C)CC(NS(=O)(=O)CCC(=O)O)C(=O)N(C)C. The number of nitrogens with zero attached hydrogens (tertiary/aromatic N) is 1. The van der Waals surface area contributed by atoms with Gasteiger partial charge in [-0.25, -0.2) is 13.1 Å². The van der Waals surface area contributed by atoms with Crippen molar-refractivity contribution < 1.29 is 23.1 Å². The van der Waals surface area contributed by atoms with E-state index in [-0.39, 0.29) is 11.8 Å². The average Bonchev–Trinajstić information content (AvgIpc) is 2.23. The number of hydrogen-bond acceptors (Lipinski definition) is 4. The number of aliphatic carboxylic acids is 1. The van der Waals surface area contributed by atoms with Gasteiger partial charge in [0.15, 0.2) is 0 Å². The molecule has 0 aliphatic heterocycles. The zero-order valence-corrected chi connectivity index (χ0v) is 12.5. The third-order valence-electron chi connectivity index (χ3n) is 2.35. The van der Waals surface area contributed by atoms with Crippen LogP contribution in [0.4, 0.5) is 0 Å². The Hall–Kier alpha value is -1.15. The fourth-order valence-corrected chi connectivity index (χ4v) is 2.67. The van der Waals surface area contributed by atoms with Crippen molar-refractivity contribution in [3.05, 3.63) is 0 Å². The van der Waals surface area contributed by atoms with E-state index >= 15 is 0 Å². The van der Waals surface area contributed by atoms with Crippen molar-refractivity contribution in [3.63, 3.8) is 0 Å². The quantitative estimate of drug-likeness (QED) is 0.649. The second-order valence-electron chi connectivity index (χ2n) is 5.00. The van der Waals surface area contributed by atoms with Crippen molar-refractivity contribution in [1.29, 1.82) is 0 Å². The molecule has 1 amide bonds. The molecule has 112 valence electrons. The zero-order valence-electron chi connectivity index (χ0n) is 11.7. The summed E-state index contributed by atoms with van der Waals surface area (Å²) in [4.78, 5) is 23.6. The summed E-state index contributed by atoms with van der Waals surface area (Å²) in [6.07, 6.45) is -0.122. The predicted octanol–water partition coefficient (Wildman–Crippen LogP) is -0.117. The minimum atomic E-state index is -3.78. The van der Waals surface area contributed by atoms with Crippen molar-refractivity contribution >= 4 is 21.9 Å². The van der Waals surface area contributed by atoms with Crippen molar-refractivity contribution in [2.75, 3.05) is 19.8 Å². The van der Waals surface area contributed by atoms with Gasteiger partial charge in [-0.05, 0) is 12.3 Å². The molecule has 0 spiro atoms. The molecule has 2 N–H and O–H groups in total. The van der Waals surface area contributed by atoms with Crippen LogP contribution in [0.2, 0.25) is 0 Å². The Morgan fingerprint density at radius 1 is 1.26 bits per heavy atom. The molecule has 0 bridgehead atoms. The molecule has 1 atom stereocenters. The number of likely N-dealkylation sites (N-methyl/N-ethyl adjacent to an activating group) is 1. The van der Waals surface area contributed by atoms with Crippen LogP contribution in [0, 0.1) is 5.92 Å². The van der Waals surface area contributed by atoms with Gasteiger partial charge in [0.1, 0.15) is 6.04 Å². The Morgan fingerprint density at radius 3 is 2.16 bits per heavy atom. The predicted molar refractivity (Wildman–Crippen MR) is 71.1 cm³/mol. The largest absolute Gasteiger partial charge is 0.481 e. The van der Waals surface area contributed by atoms with Gasteiger partial charge in [0, 0.05) is 14.1 Å². The van der Waals surface area contributed by atoms with E-state index in [1.54, 1.807) is 14.1 Å². The summed E-state index contributed by atoms with van der Waals surface area (Å²) in [5.74, 6) is -1.93. The number of sulfonamides is 1. The molecule has 0 aromatic rings. The summed E-state index contributed by atoms with van der Waals surface area (Å²) >= 11 is 0. The van der Waals surface area contributed by atoms with Crippen LogP contribution >= 0.6 is 0 Å². The van der Waals surface area contributed by atoms with E-state index < -0.39 is 34.2 Å². The summed E-state index contributed by atoms with van der Waals surface area (Å²) in [7, 11) is -0.693. The van der Waals surface area contributed by atoms with E-state index in [9.17, 15) is 18.0 Å². The first-order valence-electron chi connectivity index (χ1n) is 5.98. The molecule has 0 saturated heterocycles. The van der Waals surface area contributed by atoms with E-state index in [4.69, 9.17) is 5.11 Å². The van der Waals surface area contributed by atoms with Crippen LogP contribution in [-0.2, 0) is 19.6 Å². The highest BCUT2D eigenvalue weighted by molar-refractivity contribution is 7.89. The highest BCUT2D eigenvalue weighted by Crippen LogP contribution is 2.08. The molecular formula is C11H22N2O5S. The number of carboxylic acid groups (broad SMARTS) is 1. The van der Waals surface area contributed by atoms with Gasteiger partial charge in [0.2, 0.25) is 15.9 Å². The van der Waals surface area contributed by atoms with E-state index in [0.29, 0.717) is 6.42 Å². The lowest BCUT2D eigenvalue weighted by Crippen LogP contribution is -2.47. The Bertz CT molecular complexity index is 417. The smallest absolute Gasteiger partial charge is 0.304 e. The summed E-state index contributed by atoms with van der Waals surface area (Å²) < 4.78 is 25.7. The van der Waals surface area contributed by atoms with Gasteiger partial charge in [0.25, 0.3) is 0 Å². The molecule has 19 heavy (non-hydrogen) atoms. The molecular weight excluding hydrogens is 272 g/mol. The Kier molecular flexibility index (Phi) is 6.99. The topological polar surface area (TPSA) is 104 Å². The maximum Gasteiger partial charge on any atom is 0.304 e. The average molecular weight is 294 g/mol. The van der Waals surface area contributed by atoms with Crippen molar-refractivity contribution in [2.24, 2.45) is 5.92 Å². The van der Waals surface area contributed by atoms with E-state index in [2.05, 4.69) is 4.72 Å². The molecule has 0 rings (SSSR count). The van der Waals surface area contributed by atoms with Crippen LogP contribution < -0.4 is 4.72 Å². The molecule has 8 heteroatoms. The van der Waals surface area contributed by atoms with Crippen LogP contribution in [0.25, 0.3) is 0 Å². The number of amides is 1. The highest BCUT2D eigenvalue weighted by atomic mass is 32.2. The molecule has 7 nitrogen and oxygen atoms in total. The van der Waals surface area contributed by atoms with E-state index in [0.717, 1.165) is 0 Å². The number of nitrogens with one attached hydrogen (secondary N) is 1. The highest BCUT2D eigenvalue weighted by Gasteiger charge is 2.26. The van der Waals surface area contributed by atoms with Crippen LogP contribution in [0.3, 0.4) is 0 Å². The summed E-state index contributed by atoms with van der Waals surface area (Å²) in [6.45, 7) is 3.75. The molecule has 1 unspecified atom stereocenters. The number of carboxylic acids is 1. The molecule has 0 aliphatic carbocycles. The number of hydrogen-bond donors (Lipinski definition) is 2. The van der Waals surface area contributed by atoms with Crippen LogP contribution in [0.15, 0.2) is 0 Å². The monoisotopic (exact) mass is 294 g/mol. The lowest BCUT2D eigenvalue weighted by atomic mass is 10.0. The Balaban J connectivity index is 4.80. The van der Waals surface area contributed by atoms with Crippen molar-refractivity contribution in [1.82, 2.24) is 9.62 Å². The van der Waals surface area contributed by atoms with Crippen LogP contribution in [0.1, 0.15) is 26.7 Å². The van der Waals surface area contributed by atoms with Crippen LogP contribution in [0.5, 0.6) is 0 Å². The normalized spacial score (nSPS) is 13.3. The van der Waals surface area contributed by atoms with Crippen LogP contribution in [-0.4, -0.2) is 56.2 Å². The lowest BCUT2D eigenvalue weighted by molar-refractivity contribution is -0.136. The van der Waals surface area contributed by atoms with E-state index in [1.165, 1.54) is 4.90 Å². The van der Waals surface area contributed by atoms with Crippen molar-refractivity contribution in [2.45, 2.75) is 32.7 Å². The van der Waals surface area contributed by atoms with Gasteiger partial charge < -0.3 is 10.0 Å². The second kappa shape index (κ2) is 7.44. The molecule has 0 fully saturated rings. The van der Waals surface area contributed by atoms with Gasteiger partial charge in [-0.3, -0.25) is 9.59 Å². The molecule has 0 saturated carbocycles. The third kappa shape index (κ3) is 7.78. The first-order chi connectivity index (χ1) is 8.55. The zero-order chi connectivity index (χ0) is 15.2. The molecule has 0 aromatic heterocycles. The summed E-state index contributed by atoms with van der Waals surface area (Å²) in [6, 6.07) is -0.853. The summed E-state index contributed by atoms with van der Waals surface area (Å²) in [5, 5.41) is 8.49. The lowest BCUT2D eigenvalue weighted by Gasteiger charge is -2.22. The molecule has 0 aliphatic rings. The standard InChI is InChI=1S/C11H22N2O5S/c1-8(2)7-9(11(16)13(3)4)12-19(17,18)6-5-10(14)15/h8-9,12H,5-7H2,1-4H3,(H,14,15). The van der Waals surface area contributed by atoms with Gasteiger partial charge in [-0.2, -0.15) is 0 Å². The molecule has 0 heterocycles. The van der Waals surface area contributed by atoms with Crippen molar-refractivity contribution in [3.8, 4) is 0 Å². The first kappa shape index (κ1) is 17.8.